The highest BCUT2D eigenvalue weighted by molar-refractivity contribution is 5.79. The zero-order valence-corrected chi connectivity index (χ0v) is 11.1. The Labute approximate surface area is 121 Å². The third-order valence-electron chi connectivity index (χ3n) is 3.17. The van der Waals surface area contributed by atoms with Gasteiger partial charge in [0, 0.05) is 0 Å². The Morgan fingerprint density at radius 1 is 1.14 bits per heavy atom. The van der Waals surface area contributed by atoms with Gasteiger partial charge in [-0.25, -0.2) is 14.5 Å². The summed E-state index contributed by atoms with van der Waals surface area (Å²) in [5.74, 6) is 0.210. The van der Waals surface area contributed by atoms with Crippen LogP contribution in [0.15, 0.2) is 55.1 Å². The second kappa shape index (κ2) is 5.47. The summed E-state index contributed by atoms with van der Waals surface area (Å²) >= 11 is 0. The molecule has 1 N–H and O–H groups in total. The second-order valence-corrected chi connectivity index (χ2v) is 4.60. The molecule has 0 amide bonds. The summed E-state index contributed by atoms with van der Waals surface area (Å²) in [6.07, 6.45) is 3.15. The van der Waals surface area contributed by atoms with Crippen LogP contribution in [0, 0.1) is 6.57 Å². The number of benzene rings is 2. The van der Waals surface area contributed by atoms with E-state index in [1.54, 1.807) is 41.3 Å². The average Bonchev–Trinajstić information content (AvgIpc) is 3.01. The molecule has 1 heterocycles. The molecule has 0 saturated carbocycles. The van der Waals surface area contributed by atoms with Gasteiger partial charge in [-0.05, 0) is 28.8 Å². The molecule has 0 saturated heterocycles. The number of phenolic OH excluding ortho intramolecular Hbond substituents is 1. The maximum atomic E-state index is 9.38. The van der Waals surface area contributed by atoms with Crippen molar-refractivity contribution in [3.63, 3.8) is 0 Å². The van der Waals surface area contributed by atoms with E-state index < -0.39 is 0 Å². The van der Waals surface area contributed by atoms with E-state index in [9.17, 15) is 5.11 Å². The molecule has 0 unspecified atom stereocenters. The Kier molecular flexibility index (Phi) is 3.36. The van der Waals surface area contributed by atoms with Gasteiger partial charge in [0.2, 0.25) is 0 Å². The van der Waals surface area contributed by atoms with E-state index >= 15 is 0 Å². The Bertz CT molecular complexity index is 786. The molecule has 0 aliphatic heterocycles. The van der Waals surface area contributed by atoms with Crippen molar-refractivity contribution in [1.82, 2.24) is 14.8 Å². The van der Waals surface area contributed by atoms with Crippen LogP contribution in [0.1, 0.15) is 5.56 Å². The van der Waals surface area contributed by atoms with Crippen molar-refractivity contribution in [3.8, 4) is 16.9 Å². The number of nitrogens with zero attached hydrogens (tertiary/aromatic N) is 4. The molecule has 5 nitrogen and oxygen atoms in total. The van der Waals surface area contributed by atoms with Crippen molar-refractivity contribution in [3.05, 3.63) is 72.1 Å². The molecule has 102 valence electrons. The first-order chi connectivity index (χ1) is 10.3. The summed E-state index contributed by atoms with van der Waals surface area (Å²) in [4.78, 5) is 7.48. The van der Waals surface area contributed by atoms with Crippen molar-refractivity contribution >= 4 is 5.69 Å². The molecule has 2 aromatic carbocycles. The Hall–Kier alpha value is -3.13. The Balaban J connectivity index is 2.01. The van der Waals surface area contributed by atoms with E-state index in [0.717, 1.165) is 16.7 Å². The third kappa shape index (κ3) is 2.74. The fourth-order valence-electron chi connectivity index (χ4n) is 2.15. The van der Waals surface area contributed by atoms with Crippen LogP contribution >= 0.6 is 0 Å². The Morgan fingerprint density at radius 2 is 1.95 bits per heavy atom. The fourth-order valence-corrected chi connectivity index (χ4v) is 2.15. The highest BCUT2D eigenvalue weighted by Crippen LogP contribution is 2.32. The molecule has 0 fully saturated rings. The molecule has 3 rings (SSSR count). The minimum Gasteiger partial charge on any atom is -0.508 e. The number of aromatic hydroxyl groups is 1. The van der Waals surface area contributed by atoms with E-state index in [1.807, 2.05) is 12.1 Å². The number of phenols is 1. The van der Waals surface area contributed by atoms with Gasteiger partial charge in [0.05, 0.1) is 13.1 Å². The largest absolute Gasteiger partial charge is 0.508 e. The minimum atomic E-state index is 0.210. The van der Waals surface area contributed by atoms with Crippen LogP contribution in [0.5, 0.6) is 5.75 Å². The molecule has 0 radical (unpaired) electrons. The number of hydrogen-bond acceptors (Lipinski definition) is 3. The number of hydrogen-bond donors (Lipinski definition) is 1. The van der Waals surface area contributed by atoms with E-state index in [2.05, 4.69) is 14.9 Å². The molecule has 0 aliphatic carbocycles. The van der Waals surface area contributed by atoms with Crippen LogP contribution in [0.4, 0.5) is 5.69 Å². The van der Waals surface area contributed by atoms with E-state index in [4.69, 9.17) is 6.57 Å². The van der Waals surface area contributed by atoms with Crippen LogP contribution in [0.3, 0.4) is 0 Å². The zero-order chi connectivity index (χ0) is 14.7. The molecule has 0 atom stereocenters. The lowest BCUT2D eigenvalue weighted by Crippen LogP contribution is -1.99. The maximum Gasteiger partial charge on any atom is 0.194 e. The first-order valence-electron chi connectivity index (χ1n) is 6.38. The molecule has 21 heavy (non-hydrogen) atoms. The highest BCUT2D eigenvalue weighted by Gasteiger charge is 2.07. The first kappa shape index (κ1) is 12.9. The first-order valence-corrected chi connectivity index (χ1v) is 6.38. The van der Waals surface area contributed by atoms with Gasteiger partial charge in [0.25, 0.3) is 0 Å². The quantitative estimate of drug-likeness (QED) is 0.747. The minimum absolute atomic E-state index is 0.210. The maximum absolute atomic E-state index is 9.38. The molecular formula is C16H12N4O. The van der Waals surface area contributed by atoms with Gasteiger partial charge in [0.15, 0.2) is 5.69 Å². The molecular weight excluding hydrogens is 264 g/mol. The highest BCUT2D eigenvalue weighted by atomic mass is 16.3. The van der Waals surface area contributed by atoms with Gasteiger partial charge < -0.3 is 5.11 Å². The average molecular weight is 276 g/mol. The predicted octanol–water partition coefficient (Wildman–Crippen LogP) is 3.25. The van der Waals surface area contributed by atoms with Crippen LogP contribution in [0.25, 0.3) is 16.0 Å². The summed E-state index contributed by atoms with van der Waals surface area (Å²) in [6, 6.07) is 12.5. The summed E-state index contributed by atoms with van der Waals surface area (Å²) in [7, 11) is 0. The van der Waals surface area contributed by atoms with Gasteiger partial charge in [-0.1, -0.05) is 30.3 Å². The lowest BCUT2D eigenvalue weighted by Gasteiger charge is -2.08. The van der Waals surface area contributed by atoms with Gasteiger partial charge in [0.1, 0.15) is 18.4 Å². The smallest absolute Gasteiger partial charge is 0.194 e. The van der Waals surface area contributed by atoms with Gasteiger partial charge in [-0.15, -0.1) is 0 Å². The molecule has 0 spiro atoms. The second-order valence-electron chi connectivity index (χ2n) is 4.60. The summed E-state index contributed by atoms with van der Waals surface area (Å²) in [6.45, 7) is 7.89. The van der Waals surface area contributed by atoms with Gasteiger partial charge >= 0.3 is 0 Å². The van der Waals surface area contributed by atoms with Crippen molar-refractivity contribution in [2.45, 2.75) is 6.54 Å². The molecule has 3 aromatic rings. The topological polar surface area (TPSA) is 55.3 Å². The van der Waals surface area contributed by atoms with Gasteiger partial charge in [-0.2, -0.15) is 5.10 Å². The summed E-state index contributed by atoms with van der Waals surface area (Å²) < 4.78 is 1.73. The van der Waals surface area contributed by atoms with Crippen LogP contribution < -0.4 is 0 Å². The lowest BCUT2D eigenvalue weighted by atomic mass is 10.0. The molecule has 0 bridgehead atoms. The third-order valence-corrected chi connectivity index (χ3v) is 3.17. The van der Waals surface area contributed by atoms with Crippen LogP contribution in [0.2, 0.25) is 0 Å². The summed E-state index contributed by atoms with van der Waals surface area (Å²) in [5, 5.41) is 13.5. The predicted molar refractivity (Wildman–Crippen MR) is 78.9 cm³/mol. The van der Waals surface area contributed by atoms with Crippen LogP contribution in [-0.2, 0) is 6.54 Å². The van der Waals surface area contributed by atoms with Crippen molar-refractivity contribution < 1.29 is 5.11 Å². The van der Waals surface area contributed by atoms with Gasteiger partial charge in [-0.3, -0.25) is 0 Å². The normalized spacial score (nSPS) is 10.2. The standard InChI is InChI=1S/C16H12N4O/c1-17-16-7-2-12(9-20-11-18-10-19-20)8-15(16)13-3-5-14(21)6-4-13/h2-8,10-11,21H,9H2. The van der Waals surface area contributed by atoms with E-state index in [1.165, 1.54) is 6.33 Å². The van der Waals surface area contributed by atoms with Crippen molar-refractivity contribution in [2.24, 2.45) is 0 Å². The Morgan fingerprint density at radius 3 is 2.62 bits per heavy atom. The lowest BCUT2D eigenvalue weighted by molar-refractivity contribution is 0.475. The number of aromatic nitrogens is 3. The van der Waals surface area contributed by atoms with Crippen LogP contribution in [-0.4, -0.2) is 19.9 Å². The molecule has 0 aliphatic rings. The van der Waals surface area contributed by atoms with Crippen molar-refractivity contribution in [1.29, 1.82) is 0 Å². The molecule has 1 aromatic heterocycles. The number of rotatable bonds is 3. The van der Waals surface area contributed by atoms with Crippen molar-refractivity contribution in [2.75, 3.05) is 0 Å². The van der Waals surface area contributed by atoms with E-state index in [-0.39, 0.29) is 5.75 Å². The zero-order valence-electron chi connectivity index (χ0n) is 11.1. The summed E-state index contributed by atoms with van der Waals surface area (Å²) in [5.41, 5.74) is 3.38. The van der Waals surface area contributed by atoms with E-state index in [0.29, 0.717) is 12.2 Å². The SMILES string of the molecule is [C-]#[N+]c1ccc(Cn2cncn2)cc1-c1ccc(O)cc1. The molecule has 5 heteroatoms. The fraction of sp³-hybridized carbons (Fsp3) is 0.0625. The monoisotopic (exact) mass is 276 g/mol.